The number of benzene rings is 3. The highest BCUT2D eigenvalue weighted by molar-refractivity contribution is 7.90. The number of fused-ring (bicyclic) bond motifs is 1. The van der Waals surface area contributed by atoms with Crippen molar-refractivity contribution < 1.29 is 16.8 Å². The summed E-state index contributed by atoms with van der Waals surface area (Å²) in [5, 5.41) is 1.50. The number of hydrogen-bond donors (Lipinski definition) is 1. The van der Waals surface area contributed by atoms with Crippen molar-refractivity contribution in [2.24, 2.45) is 0 Å². The van der Waals surface area contributed by atoms with Gasteiger partial charge in [0.2, 0.25) is 10.0 Å². The maximum absolute atomic E-state index is 13.1. The molecule has 0 aliphatic carbocycles. The molecule has 3 aromatic carbocycles. The molecule has 1 N–H and O–H groups in total. The van der Waals surface area contributed by atoms with Crippen LogP contribution in [-0.4, -0.2) is 37.2 Å². The van der Waals surface area contributed by atoms with Gasteiger partial charge in [0.1, 0.15) is 0 Å². The summed E-state index contributed by atoms with van der Waals surface area (Å²) >= 11 is 0. The van der Waals surface area contributed by atoms with Crippen molar-refractivity contribution in [2.75, 3.05) is 25.3 Å². The molecule has 0 unspecified atom stereocenters. The molecule has 1 atom stereocenters. The first-order chi connectivity index (χ1) is 13.5. The van der Waals surface area contributed by atoms with Crippen molar-refractivity contribution in [3.63, 3.8) is 0 Å². The van der Waals surface area contributed by atoms with Crippen LogP contribution in [0.15, 0.2) is 70.5 Å². The van der Waals surface area contributed by atoms with E-state index in [2.05, 4.69) is 4.72 Å². The minimum absolute atomic E-state index is 0.196. The quantitative estimate of drug-likeness (QED) is 0.646. The summed E-state index contributed by atoms with van der Waals surface area (Å²) < 4.78 is 52.2. The first-order valence-electron chi connectivity index (χ1n) is 9.02. The summed E-state index contributed by atoms with van der Waals surface area (Å²) in [5.41, 5.74) is 1.61. The Bertz CT molecular complexity index is 1250. The smallest absolute Gasteiger partial charge is 0.241 e. The van der Waals surface area contributed by atoms with Gasteiger partial charge in [-0.05, 0) is 36.8 Å². The Hall–Kier alpha value is -2.42. The Kier molecular flexibility index (Phi) is 5.71. The molecule has 3 aromatic rings. The Morgan fingerprint density at radius 3 is 2.00 bits per heavy atom. The fourth-order valence-electron chi connectivity index (χ4n) is 3.26. The van der Waals surface area contributed by atoms with Crippen molar-refractivity contribution in [1.29, 1.82) is 0 Å². The van der Waals surface area contributed by atoms with Crippen LogP contribution >= 0.6 is 0 Å². The Labute approximate surface area is 172 Å². The fraction of sp³-hybridized carbons (Fsp3) is 0.238. The summed E-state index contributed by atoms with van der Waals surface area (Å²) in [6.45, 7) is 1.73. The van der Waals surface area contributed by atoms with Crippen molar-refractivity contribution in [3.8, 4) is 0 Å². The lowest BCUT2D eigenvalue weighted by Gasteiger charge is -2.19. The van der Waals surface area contributed by atoms with Gasteiger partial charge in [0.15, 0.2) is 9.84 Å². The van der Waals surface area contributed by atoms with Crippen LogP contribution in [0.2, 0.25) is 0 Å². The molecule has 0 heterocycles. The topological polar surface area (TPSA) is 83.6 Å². The SMILES string of the molecule is C[C@H](NS(=O)(=O)c1cccc2c(N(C)C)cccc12)c1ccc(S(C)(=O)=O)cc1. The standard InChI is InChI=1S/C21H24N2O4S2/c1-15(16-11-13-17(14-12-16)28(4,24)25)22-29(26,27)21-10-6-7-18-19(21)8-5-9-20(18)23(2)3/h5-15,22H,1-4H3/t15-/m0/s1. The van der Waals surface area contributed by atoms with Crippen LogP contribution in [0.3, 0.4) is 0 Å². The zero-order valence-corrected chi connectivity index (χ0v) is 18.4. The van der Waals surface area contributed by atoms with Crippen LogP contribution in [0.5, 0.6) is 0 Å². The molecule has 0 bridgehead atoms. The molecule has 29 heavy (non-hydrogen) atoms. The second-order valence-corrected chi connectivity index (χ2v) is 10.9. The van der Waals surface area contributed by atoms with E-state index in [0.717, 1.165) is 17.3 Å². The number of rotatable bonds is 6. The zero-order chi connectivity index (χ0) is 21.4. The average molecular weight is 433 g/mol. The molecule has 0 saturated carbocycles. The molecule has 0 fully saturated rings. The Balaban J connectivity index is 1.97. The van der Waals surface area contributed by atoms with E-state index in [-0.39, 0.29) is 9.79 Å². The molecule has 0 radical (unpaired) electrons. The number of anilines is 1. The number of nitrogens with zero attached hydrogens (tertiary/aromatic N) is 1. The molecule has 0 spiro atoms. The van der Waals surface area contributed by atoms with Gasteiger partial charge < -0.3 is 4.90 Å². The first kappa shape index (κ1) is 21.3. The highest BCUT2D eigenvalue weighted by atomic mass is 32.2. The lowest BCUT2D eigenvalue weighted by molar-refractivity contribution is 0.567. The summed E-state index contributed by atoms with van der Waals surface area (Å²) in [4.78, 5) is 2.35. The Morgan fingerprint density at radius 2 is 1.41 bits per heavy atom. The minimum Gasteiger partial charge on any atom is -0.377 e. The van der Waals surface area contributed by atoms with Crippen LogP contribution in [0.4, 0.5) is 5.69 Å². The molecule has 0 aromatic heterocycles. The highest BCUT2D eigenvalue weighted by Crippen LogP contribution is 2.31. The van der Waals surface area contributed by atoms with Crippen LogP contribution in [0, 0.1) is 0 Å². The molecule has 0 amide bonds. The van der Waals surface area contributed by atoms with Crippen molar-refractivity contribution in [1.82, 2.24) is 4.72 Å². The van der Waals surface area contributed by atoms with Gasteiger partial charge in [0, 0.05) is 42.9 Å². The second-order valence-electron chi connectivity index (χ2n) is 7.21. The molecule has 0 saturated heterocycles. The minimum atomic E-state index is -3.80. The normalized spacial score (nSPS) is 13.4. The molecule has 0 aliphatic rings. The van der Waals surface area contributed by atoms with Crippen molar-refractivity contribution in [3.05, 3.63) is 66.2 Å². The molecule has 154 valence electrons. The molecule has 8 heteroatoms. The monoisotopic (exact) mass is 432 g/mol. The Morgan fingerprint density at radius 1 is 0.828 bits per heavy atom. The van der Waals surface area contributed by atoms with E-state index < -0.39 is 25.9 Å². The molecule has 6 nitrogen and oxygen atoms in total. The first-order valence-corrected chi connectivity index (χ1v) is 12.4. The van der Waals surface area contributed by atoms with Gasteiger partial charge in [0.05, 0.1) is 9.79 Å². The predicted octanol–water partition coefficient (Wildman–Crippen LogP) is 3.35. The summed E-state index contributed by atoms with van der Waals surface area (Å²) in [6, 6.07) is 16.5. The lowest BCUT2D eigenvalue weighted by atomic mass is 10.1. The number of nitrogens with one attached hydrogen (secondary N) is 1. The average Bonchev–Trinajstić information content (AvgIpc) is 2.66. The predicted molar refractivity (Wildman–Crippen MR) is 117 cm³/mol. The highest BCUT2D eigenvalue weighted by Gasteiger charge is 2.22. The van der Waals surface area contributed by atoms with E-state index in [1.807, 2.05) is 37.2 Å². The second kappa shape index (κ2) is 7.78. The van der Waals surface area contributed by atoms with Gasteiger partial charge >= 0.3 is 0 Å². The molecule has 0 aliphatic heterocycles. The van der Waals surface area contributed by atoms with E-state index >= 15 is 0 Å². The lowest BCUT2D eigenvalue weighted by Crippen LogP contribution is -2.27. The van der Waals surface area contributed by atoms with Crippen LogP contribution in [0.1, 0.15) is 18.5 Å². The van der Waals surface area contributed by atoms with Gasteiger partial charge in [-0.15, -0.1) is 0 Å². The van der Waals surface area contributed by atoms with Crippen LogP contribution in [0.25, 0.3) is 10.8 Å². The maximum atomic E-state index is 13.1. The van der Waals surface area contributed by atoms with Crippen LogP contribution in [-0.2, 0) is 19.9 Å². The third-order valence-electron chi connectivity index (χ3n) is 4.77. The van der Waals surface area contributed by atoms with E-state index in [9.17, 15) is 16.8 Å². The molecular formula is C21H24N2O4S2. The maximum Gasteiger partial charge on any atom is 0.241 e. The van der Waals surface area contributed by atoms with Gasteiger partial charge in [-0.3, -0.25) is 0 Å². The zero-order valence-electron chi connectivity index (χ0n) is 16.7. The number of sulfone groups is 1. The van der Waals surface area contributed by atoms with Gasteiger partial charge in [-0.1, -0.05) is 36.4 Å². The van der Waals surface area contributed by atoms with E-state index in [4.69, 9.17) is 0 Å². The third-order valence-corrected chi connectivity index (χ3v) is 7.50. The summed E-state index contributed by atoms with van der Waals surface area (Å²) in [6.07, 6.45) is 1.14. The van der Waals surface area contributed by atoms with Crippen molar-refractivity contribution in [2.45, 2.75) is 22.8 Å². The van der Waals surface area contributed by atoms with E-state index in [1.165, 1.54) is 12.1 Å². The van der Waals surface area contributed by atoms with Gasteiger partial charge in [-0.25, -0.2) is 21.6 Å². The third kappa shape index (κ3) is 4.44. The van der Waals surface area contributed by atoms with Gasteiger partial charge in [0.25, 0.3) is 0 Å². The van der Waals surface area contributed by atoms with E-state index in [0.29, 0.717) is 10.9 Å². The summed E-state index contributed by atoms with van der Waals surface area (Å²) in [5.74, 6) is 0. The number of sulfonamides is 1. The van der Waals surface area contributed by atoms with E-state index in [1.54, 1.807) is 37.3 Å². The van der Waals surface area contributed by atoms with Gasteiger partial charge in [-0.2, -0.15) is 0 Å². The van der Waals surface area contributed by atoms with Crippen LogP contribution < -0.4 is 9.62 Å². The summed E-state index contributed by atoms with van der Waals surface area (Å²) in [7, 11) is -3.28. The number of hydrogen-bond acceptors (Lipinski definition) is 5. The molecular weight excluding hydrogens is 408 g/mol. The fourth-order valence-corrected chi connectivity index (χ4v) is 5.34. The largest absolute Gasteiger partial charge is 0.377 e. The van der Waals surface area contributed by atoms with Crippen molar-refractivity contribution >= 4 is 36.3 Å². The molecule has 3 rings (SSSR count).